The molecule has 1 amide bonds. The van der Waals surface area contributed by atoms with Gasteiger partial charge in [-0.25, -0.2) is 8.78 Å². The molecule has 1 saturated heterocycles. The zero-order chi connectivity index (χ0) is 12.4. The Morgan fingerprint density at radius 2 is 2.06 bits per heavy atom. The Labute approximate surface area is 98.6 Å². The van der Waals surface area contributed by atoms with Crippen LogP contribution in [-0.4, -0.2) is 32.4 Å². The van der Waals surface area contributed by atoms with Crippen LogP contribution in [0, 0.1) is 11.6 Å². The van der Waals surface area contributed by atoms with E-state index in [9.17, 15) is 13.6 Å². The maximum Gasteiger partial charge on any atom is 0.200 e. The fraction of sp³-hybridized carbons (Fsp3) is 0.364. The summed E-state index contributed by atoms with van der Waals surface area (Å²) in [7, 11) is 5.02. The molecule has 1 aliphatic rings. The van der Waals surface area contributed by atoms with Gasteiger partial charge in [0.1, 0.15) is 17.7 Å². The highest BCUT2D eigenvalue weighted by molar-refractivity contribution is 6.57. The molecule has 88 valence electrons. The summed E-state index contributed by atoms with van der Waals surface area (Å²) in [5, 5.41) is 2.50. The smallest absolute Gasteiger partial charge is 0.200 e. The Kier molecular flexibility index (Phi) is 3.42. The van der Waals surface area contributed by atoms with E-state index in [0.29, 0.717) is 12.2 Å². The van der Waals surface area contributed by atoms with Crippen molar-refractivity contribution in [1.29, 1.82) is 0 Å². The van der Waals surface area contributed by atoms with Crippen molar-refractivity contribution in [3.63, 3.8) is 0 Å². The van der Waals surface area contributed by atoms with E-state index in [2.05, 4.69) is 5.32 Å². The molecule has 1 aliphatic heterocycles. The minimum Gasteiger partial charge on any atom is -0.371 e. The predicted octanol–water partition coefficient (Wildman–Crippen LogP) is 1.15. The highest BCUT2D eigenvalue weighted by atomic mass is 19.1. The molecule has 3 nitrogen and oxygen atoms in total. The first-order valence-corrected chi connectivity index (χ1v) is 5.17. The van der Waals surface area contributed by atoms with E-state index >= 15 is 0 Å². The number of amides is 1. The van der Waals surface area contributed by atoms with Gasteiger partial charge in [0, 0.05) is 6.07 Å². The summed E-state index contributed by atoms with van der Waals surface area (Å²) < 4.78 is 31.0. The van der Waals surface area contributed by atoms with Crippen molar-refractivity contribution in [2.75, 3.05) is 6.61 Å². The summed E-state index contributed by atoms with van der Waals surface area (Å²) in [4.78, 5) is 10.8. The normalized spacial score (nSPS) is 19.8. The first-order chi connectivity index (χ1) is 8.04. The van der Waals surface area contributed by atoms with Crippen LogP contribution < -0.4 is 5.32 Å². The molecule has 2 atom stereocenters. The van der Waals surface area contributed by atoms with Gasteiger partial charge >= 0.3 is 0 Å². The largest absolute Gasteiger partial charge is 0.371 e. The van der Waals surface area contributed by atoms with Gasteiger partial charge < -0.3 is 10.1 Å². The Bertz CT molecular complexity index is 417. The third-order valence-electron chi connectivity index (χ3n) is 2.51. The van der Waals surface area contributed by atoms with Gasteiger partial charge in [0.05, 0.1) is 12.6 Å². The second kappa shape index (κ2) is 4.83. The SMILES string of the molecule is [B]C(=O)N[C@@H](Cc1cc(F)cc(F)c1)[C@H]1CO1. The molecule has 1 N–H and O–H groups in total. The Morgan fingerprint density at radius 3 is 2.53 bits per heavy atom. The average Bonchev–Trinajstić information content (AvgIpc) is 2.96. The average molecular weight is 237 g/mol. The van der Waals surface area contributed by atoms with Crippen molar-refractivity contribution >= 4 is 13.7 Å². The number of nitrogens with one attached hydrogen (secondary N) is 1. The fourth-order valence-corrected chi connectivity index (χ4v) is 1.73. The Morgan fingerprint density at radius 1 is 1.47 bits per heavy atom. The van der Waals surface area contributed by atoms with Crippen LogP contribution in [0.25, 0.3) is 0 Å². The molecule has 17 heavy (non-hydrogen) atoms. The van der Waals surface area contributed by atoms with Crippen molar-refractivity contribution < 1.29 is 18.3 Å². The van der Waals surface area contributed by atoms with Crippen LogP contribution >= 0.6 is 0 Å². The molecule has 0 saturated carbocycles. The van der Waals surface area contributed by atoms with E-state index in [1.165, 1.54) is 12.1 Å². The quantitative estimate of drug-likeness (QED) is 0.630. The minimum atomic E-state index is -0.678. The lowest BCUT2D eigenvalue weighted by Gasteiger charge is -2.16. The maximum atomic E-state index is 13.0. The van der Waals surface area contributed by atoms with Crippen molar-refractivity contribution in [2.24, 2.45) is 0 Å². The topological polar surface area (TPSA) is 41.6 Å². The van der Waals surface area contributed by atoms with E-state index in [4.69, 9.17) is 12.6 Å². The maximum absolute atomic E-state index is 13.0. The number of rotatable bonds is 4. The molecule has 1 heterocycles. The van der Waals surface area contributed by atoms with E-state index < -0.39 is 17.4 Å². The van der Waals surface area contributed by atoms with Gasteiger partial charge in [0.2, 0.25) is 7.85 Å². The Hall–Kier alpha value is -1.43. The number of ether oxygens (including phenoxy) is 1. The van der Waals surface area contributed by atoms with E-state index in [0.717, 1.165) is 6.07 Å². The highest BCUT2D eigenvalue weighted by Crippen LogP contribution is 2.19. The van der Waals surface area contributed by atoms with Gasteiger partial charge in [-0.05, 0) is 24.1 Å². The molecule has 0 aliphatic carbocycles. The molecule has 6 heteroatoms. The van der Waals surface area contributed by atoms with Crippen LogP contribution in [-0.2, 0) is 11.2 Å². The van der Waals surface area contributed by atoms with Crippen LogP contribution in [0.5, 0.6) is 0 Å². The molecular formula is C11H10BF2NO2. The third-order valence-corrected chi connectivity index (χ3v) is 2.51. The zero-order valence-electron chi connectivity index (χ0n) is 8.95. The molecule has 2 rings (SSSR count). The molecule has 0 spiro atoms. The monoisotopic (exact) mass is 237 g/mol. The summed E-state index contributed by atoms with van der Waals surface area (Å²) in [6.45, 7) is 0.517. The van der Waals surface area contributed by atoms with Crippen LogP contribution in [0.15, 0.2) is 18.2 Å². The van der Waals surface area contributed by atoms with E-state index in [-0.39, 0.29) is 18.6 Å². The fourth-order valence-electron chi connectivity index (χ4n) is 1.73. The molecule has 0 bridgehead atoms. The molecule has 0 unspecified atom stereocenters. The van der Waals surface area contributed by atoms with Gasteiger partial charge in [-0.1, -0.05) is 0 Å². The van der Waals surface area contributed by atoms with Crippen LogP contribution in [0.3, 0.4) is 0 Å². The number of benzene rings is 1. The molecular weight excluding hydrogens is 227 g/mol. The van der Waals surface area contributed by atoms with Gasteiger partial charge in [-0.15, -0.1) is 0 Å². The zero-order valence-corrected chi connectivity index (χ0v) is 8.95. The van der Waals surface area contributed by atoms with Gasteiger partial charge in [-0.3, -0.25) is 4.79 Å². The van der Waals surface area contributed by atoms with E-state index in [1.807, 2.05) is 0 Å². The second-order valence-electron chi connectivity index (χ2n) is 3.97. The van der Waals surface area contributed by atoms with Gasteiger partial charge in [0.25, 0.3) is 0 Å². The lowest BCUT2D eigenvalue weighted by Crippen LogP contribution is -2.39. The molecule has 1 fully saturated rings. The lowest BCUT2D eigenvalue weighted by molar-refractivity contribution is 0.251. The van der Waals surface area contributed by atoms with Crippen molar-refractivity contribution in [3.05, 3.63) is 35.4 Å². The van der Waals surface area contributed by atoms with Crippen molar-refractivity contribution in [1.82, 2.24) is 5.32 Å². The number of hydrogen-bond acceptors (Lipinski definition) is 2. The lowest BCUT2D eigenvalue weighted by atomic mass is 10.0. The standard InChI is InChI=1S/C11H10BF2NO2/c12-11(16)15-9(10-5-17-10)3-6-1-7(13)4-8(14)2-6/h1-2,4,9-10H,3,5H2,(H,15,16)/t9-,10+/m0/s1. The number of epoxide rings is 1. The number of carbonyl (C=O) groups is 1. The minimum absolute atomic E-state index is 0.131. The summed E-state index contributed by atoms with van der Waals surface area (Å²) in [6.07, 6.45) is 0.149. The van der Waals surface area contributed by atoms with Crippen LogP contribution in [0.4, 0.5) is 13.6 Å². The third kappa shape index (κ3) is 3.52. The summed E-state index contributed by atoms with van der Waals surface area (Å²) in [6, 6.07) is 2.89. The van der Waals surface area contributed by atoms with Crippen molar-refractivity contribution in [2.45, 2.75) is 18.6 Å². The molecule has 0 aromatic heterocycles. The Balaban J connectivity index is 2.08. The van der Waals surface area contributed by atoms with Gasteiger partial charge in [0.15, 0.2) is 5.81 Å². The first-order valence-electron chi connectivity index (χ1n) is 5.17. The molecule has 1 aromatic rings. The van der Waals surface area contributed by atoms with Crippen LogP contribution in [0.2, 0.25) is 0 Å². The number of hydrogen-bond donors (Lipinski definition) is 1. The second-order valence-corrected chi connectivity index (χ2v) is 3.97. The van der Waals surface area contributed by atoms with Crippen LogP contribution in [0.1, 0.15) is 5.56 Å². The summed E-state index contributed by atoms with van der Waals surface area (Å²) in [5.74, 6) is -1.97. The molecule has 2 radical (unpaired) electrons. The van der Waals surface area contributed by atoms with E-state index in [1.54, 1.807) is 0 Å². The van der Waals surface area contributed by atoms with Gasteiger partial charge in [-0.2, -0.15) is 0 Å². The number of carbonyl (C=O) groups excluding carboxylic acids is 1. The molecule has 1 aromatic carbocycles. The summed E-state index contributed by atoms with van der Waals surface area (Å²) >= 11 is 0. The number of halogens is 2. The first kappa shape index (κ1) is 12.0. The van der Waals surface area contributed by atoms with Crippen molar-refractivity contribution in [3.8, 4) is 0 Å². The summed E-state index contributed by atoms with van der Waals surface area (Å²) in [5.41, 5.74) is 0.455. The predicted molar refractivity (Wildman–Crippen MR) is 57.9 cm³/mol. The highest BCUT2D eigenvalue weighted by Gasteiger charge is 2.33.